The van der Waals surface area contributed by atoms with Crippen LogP contribution in [0, 0.1) is 0 Å². The van der Waals surface area contributed by atoms with E-state index in [9.17, 15) is 0 Å². The standard InChI is InChI=1S/C11H13N3S2/c12-11(15)14-13-7-9-5-6-10(16-9)8-3-1-2-4-8/h1,3,5-8H,2,4H2,(H3,12,14,15)/b13-7-/t8-/m1/s1. The van der Waals surface area contributed by atoms with Gasteiger partial charge in [0, 0.05) is 15.7 Å². The third-order valence-electron chi connectivity index (χ3n) is 2.39. The Morgan fingerprint density at radius 2 is 2.50 bits per heavy atom. The van der Waals surface area contributed by atoms with Crippen LogP contribution in [0.4, 0.5) is 0 Å². The van der Waals surface area contributed by atoms with E-state index in [-0.39, 0.29) is 5.11 Å². The van der Waals surface area contributed by atoms with Crippen LogP contribution in [0.25, 0.3) is 0 Å². The Kier molecular flexibility index (Phi) is 3.69. The molecule has 1 aromatic heterocycles. The van der Waals surface area contributed by atoms with Crippen molar-refractivity contribution in [1.82, 2.24) is 5.43 Å². The summed E-state index contributed by atoms with van der Waals surface area (Å²) in [4.78, 5) is 2.50. The summed E-state index contributed by atoms with van der Waals surface area (Å²) < 4.78 is 0. The first-order chi connectivity index (χ1) is 7.75. The molecule has 0 aromatic carbocycles. The monoisotopic (exact) mass is 251 g/mol. The van der Waals surface area contributed by atoms with Crippen LogP contribution in [0.5, 0.6) is 0 Å². The summed E-state index contributed by atoms with van der Waals surface area (Å²) in [6.45, 7) is 0. The van der Waals surface area contributed by atoms with Crippen LogP contribution >= 0.6 is 23.6 Å². The smallest absolute Gasteiger partial charge is 0.184 e. The SMILES string of the molecule is NC(=S)N/N=C\c1ccc([C@@H]2C=CCC2)s1. The first-order valence-electron chi connectivity index (χ1n) is 5.10. The van der Waals surface area contributed by atoms with Crippen LogP contribution in [0.2, 0.25) is 0 Å². The number of hydrogen-bond donors (Lipinski definition) is 2. The third-order valence-corrected chi connectivity index (χ3v) is 3.64. The molecule has 1 aliphatic carbocycles. The second kappa shape index (κ2) is 5.23. The minimum Gasteiger partial charge on any atom is -0.375 e. The lowest BCUT2D eigenvalue weighted by atomic mass is 10.1. The molecule has 0 saturated heterocycles. The van der Waals surface area contributed by atoms with Gasteiger partial charge in [-0.3, -0.25) is 5.43 Å². The van der Waals surface area contributed by atoms with Crippen molar-refractivity contribution in [2.24, 2.45) is 10.8 Å². The zero-order valence-corrected chi connectivity index (χ0v) is 10.4. The van der Waals surface area contributed by atoms with Gasteiger partial charge in [0.25, 0.3) is 0 Å². The average molecular weight is 251 g/mol. The Morgan fingerprint density at radius 3 is 3.19 bits per heavy atom. The molecule has 0 amide bonds. The molecule has 3 N–H and O–H groups in total. The fourth-order valence-corrected chi connectivity index (χ4v) is 2.72. The Balaban J connectivity index is 1.99. The molecule has 0 spiro atoms. The lowest BCUT2D eigenvalue weighted by Gasteiger charge is -2.01. The molecule has 0 unspecified atom stereocenters. The molecule has 3 nitrogen and oxygen atoms in total. The summed E-state index contributed by atoms with van der Waals surface area (Å²) in [6.07, 6.45) is 8.68. The summed E-state index contributed by atoms with van der Waals surface area (Å²) in [5.41, 5.74) is 7.81. The van der Waals surface area contributed by atoms with Gasteiger partial charge in [-0.15, -0.1) is 11.3 Å². The molecular weight excluding hydrogens is 238 g/mol. The van der Waals surface area contributed by atoms with Gasteiger partial charge in [0.2, 0.25) is 0 Å². The van der Waals surface area contributed by atoms with Gasteiger partial charge >= 0.3 is 0 Å². The van der Waals surface area contributed by atoms with Crippen molar-refractivity contribution in [1.29, 1.82) is 0 Å². The second-order valence-corrected chi connectivity index (χ2v) is 5.17. The van der Waals surface area contributed by atoms with Crippen molar-refractivity contribution < 1.29 is 0 Å². The molecule has 0 saturated carbocycles. The Morgan fingerprint density at radius 1 is 1.62 bits per heavy atom. The van der Waals surface area contributed by atoms with Gasteiger partial charge in [-0.2, -0.15) is 5.10 Å². The summed E-state index contributed by atoms with van der Waals surface area (Å²) in [5, 5.41) is 4.12. The summed E-state index contributed by atoms with van der Waals surface area (Å²) in [7, 11) is 0. The predicted molar refractivity (Wildman–Crippen MR) is 72.9 cm³/mol. The van der Waals surface area contributed by atoms with Crippen LogP contribution in [-0.2, 0) is 0 Å². The van der Waals surface area contributed by atoms with Crippen molar-refractivity contribution in [3.63, 3.8) is 0 Å². The number of allylic oxidation sites excluding steroid dienone is 2. The number of rotatable bonds is 3. The maximum absolute atomic E-state index is 5.26. The van der Waals surface area contributed by atoms with Crippen LogP contribution in [0.1, 0.15) is 28.5 Å². The number of thiophene rings is 1. The highest BCUT2D eigenvalue weighted by atomic mass is 32.1. The Labute approximate surface area is 104 Å². The summed E-state index contributed by atoms with van der Waals surface area (Å²) >= 11 is 6.41. The van der Waals surface area contributed by atoms with E-state index in [0.29, 0.717) is 5.92 Å². The molecule has 84 valence electrons. The van der Waals surface area contributed by atoms with Crippen molar-refractivity contribution in [3.05, 3.63) is 34.0 Å². The first-order valence-corrected chi connectivity index (χ1v) is 6.33. The molecule has 0 radical (unpaired) electrons. The topological polar surface area (TPSA) is 50.4 Å². The highest BCUT2D eigenvalue weighted by Gasteiger charge is 2.13. The molecule has 1 atom stereocenters. The van der Waals surface area contributed by atoms with E-state index in [2.05, 4.69) is 47.0 Å². The van der Waals surface area contributed by atoms with E-state index in [0.717, 1.165) is 4.88 Å². The molecule has 1 aliphatic rings. The van der Waals surface area contributed by atoms with Gasteiger partial charge in [-0.1, -0.05) is 12.2 Å². The van der Waals surface area contributed by atoms with E-state index in [1.165, 1.54) is 17.7 Å². The number of nitrogens with zero attached hydrogens (tertiary/aromatic N) is 1. The van der Waals surface area contributed by atoms with E-state index in [1.807, 2.05) is 0 Å². The van der Waals surface area contributed by atoms with Crippen LogP contribution < -0.4 is 11.2 Å². The highest BCUT2D eigenvalue weighted by molar-refractivity contribution is 7.80. The number of hydrogen-bond acceptors (Lipinski definition) is 3. The van der Waals surface area contributed by atoms with E-state index < -0.39 is 0 Å². The predicted octanol–water partition coefficient (Wildman–Crippen LogP) is 2.35. The molecule has 1 aromatic rings. The van der Waals surface area contributed by atoms with Gasteiger partial charge in [0.05, 0.1) is 6.21 Å². The Bertz CT molecular complexity index is 434. The molecule has 0 bridgehead atoms. The molecule has 0 fully saturated rings. The van der Waals surface area contributed by atoms with Crippen LogP contribution in [0.3, 0.4) is 0 Å². The van der Waals surface area contributed by atoms with Gasteiger partial charge in [-0.25, -0.2) is 0 Å². The van der Waals surface area contributed by atoms with Crippen LogP contribution in [0.15, 0.2) is 29.4 Å². The molecule has 5 heteroatoms. The van der Waals surface area contributed by atoms with Crippen molar-refractivity contribution in [2.75, 3.05) is 0 Å². The third kappa shape index (κ3) is 2.90. The summed E-state index contributed by atoms with van der Waals surface area (Å²) in [6, 6.07) is 4.23. The minimum absolute atomic E-state index is 0.187. The van der Waals surface area contributed by atoms with E-state index >= 15 is 0 Å². The van der Waals surface area contributed by atoms with Gasteiger partial charge in [0.1, 0.15) is 0 Å². The number of nitrogens with one attached hydrogen (secondary N) is 1. The fraction of sp³-hybridized carbons (Fsp3) is 0.273. The van der Waals surface area contributed by atoms with Gasteiger partial charge < -0.3 is 5.73 Å². The van der Waals surface area contributed by atoms with Gasteiger partial charge in [-0.05, 0) is 37.2 Å². The van der Waals surface area contributed by atoms with Crippen molar-refractivity contribution >= 4 is 34.9 Å². The number of nitrogens with two attached hydrogens (primary N) is 1. The fourth-order valence-electron chi connectivity index (χ4n) is 1.67. The minimum atomic E-state index is 0.187. The lowest BCUT2D eigenvalue weighted by Crippen LogP contribution is -2.23. The maximum Gasteiger partial charge on any atom is 0.184 e. The molecule has 2 rings (SSSR count). The lowest BCUT2D eigenvalue weighted by molar-refractivity contribution is 0.815. The molecule has 1 heterocycles. The maximum atomic E-state index is 5.26. The van der Waals surface area contributed by atoms with Crippen molar-refractivity contribution in [3.8, 4) is 0 Å². The van der Waals surface area contributed by atoms with E-state index in [1.54, 1.807) is 17.6 Å². The molecular formula is C11H13N3S2. The molecule has 0 aliphatic heterocycles. The zero-order chi connectivity index (χ0) is 11.4. The van der Waals surface area contributed by atoms with Crippen molar-refractivity contribution in [2.45, 2.75) is 18.8 Å². The largest absolute Gasteiger partial charge is 0.375 e. The van der Waals surface area contributed by atoms with E-state index in [4.69, 9.17) is 5.73 Å². The summed E-state index contributed by atoms with van der Waals surface area (Å²) in [5.74, 6) is 0.593. The number of thiocarbonyl (C=S) groups is 1. The Hall–Kier alpha value is -1.20. The average Bonchev–Trinajstić information content (AvgIpc) is 2.85. The van der Waals surface area contributed by atoms with Gasteiger partial charge in [0.15, 0.2) is 5.11 Å². The molecule has 16 heavy (non-hydrogen) atoms. The zero-order valence-electron chi connectivity index (χ0n) is 8.72. The van der Waals surface area contributed by atoms with Crippen LogP contribution in [-0.4, -0.2) is 11.3 Å². The first kappa shape index (κ1) is 11.3. The normalized spacial score (nSPS) is 19.4. The number of hydrazone groups is 1. The highest BCUT2D eigenvalue weighted by Crippen LogP contribution is 2.32. The second-order valence-electron chi connectivity index (χ2n) is 3.59. The quantitative estimate of drug-likeness (QED) is 0.375.